The molecule has 5 heterocycles. The molecule has 4 aliphatic rings. The lowest BCUT2D eigenvalue weighted by Crippen LogP contribution is -2.43. The molecule has 4 saturated heterocycles. The van der Waals surface area contributed by atoms with Crippen LogP contribution in [-0.2, 0) is 0 Å². The minimum atomic E-state index is -0.888. The van der Waals surface area contributed by atoms with Crippen molar-refractivity contribution in [2.75, 3.05) is 37.7 Å². The number of hydrogen-bond donors (Lipinski definition) is 1. The first-order valence-corrected chi connectivity index (χ1v) is 15.7. The van der Waals surface area contributed by atoms with Gasteiger partial charge in [0.25, 0.3) is 0 Å². The van der Waals surface area contributed by atoms with E-state index >= 15 is 8.78 Å². The minimum Gasteiger partial charge on any atom is -0.508 e. The lowest BCUT2D eigenvalue weighted by Gasteiger charge is -2.33. The molecule has 4 aliphatic heterocycles. The van der Waals surface area contributed by atoms with Gasteiger partial charge in [-0.3, -0.25) is 4.90 Å². The third-order valence-corrected chi connectivity index (χ3v) is 11.1. The number of phenolic OH excluding ortho intramolecular Hbond substituents is 1. The first-order valence-electron chi connectivity index (χ1n) is 14.7. The van der Waals surface area contributed by atoms with Crippen LogP contribution in [0.2, 0.25) is 0 Å². The fourth-order valence-electron chi connectivity index (χ4n) is 7.65. The highest BCUT2D eigenvalue weighted by atomic mass is 32.2. The number of thioether (sulfide) groups is 1. The molecule has 4 fully saturated rings. The van der Waals surface area contributed by atoms with E-state index < -0.39 is 23.3 Å². The average molecular weight is 593 g/mol. The Morgan fingerprint density at radius 3 is 2.69 bits per heavy atom. The Morgan fingerprint density at radius 2 is 1.86 bits per heavy atom. The van der Waals surface area contributed by atoms with Gasteiger partial charge in [0.2, 0.25) is 0 Å². The van der Waals surface area contributed by atoms with Crippen LogP contribution in [0.5, 0.6) is 11.8 Å². The molecule has 218 valence electrons. The number of aromatic hydroxyl groups is 1. The van der Waals surface area contributed by atoms with Gasteiger partial charge in [-0.05, 0) is 67.4 Å². The van der Waals surface area contributed by atoms with Gasteiger partial charge in [-0.15, -0.1) is 0 Å². The summed E-state index contributed by atoms with van der Waals surface area (Å²) >= 11 is 2.01. The Bertz CT molecular complexity index is 1710. The summed E-state index contributed by atoms with van der Waals surface area (Å²) in [6, 6.07) is 10.9. The predicted octanol–water partition coefficient (Wildman–Crippen LogP) is 6.47. The summed E-state index contributed by atoms with van der Waals surface area (Å²) < 4.78 is 52.3. The van der Waals surface area contributed by atoms with Gasteiger partial charge in [-0.25, -0.2) is 13.2 Å². The second-order valence-corrected chi connectivity index (χ2v) is 13.8. The number of fused-ring (bicyclic) bond motifs is 5. The largest absolute Gasteiger partial charge is 0.508 e. The molecule has 0 radical (unpaired) electrons. The molecule has 0 amide bonds. The minimum absolute atomic E-state index is 0.0644. The molecular weight excluding hydrogens is 561 g/mol. The van der Waals surface area contributed by atoms with Crippen LogP contribution in [0.4, 0.5) is 19.0 Å². The average Bonchev–Trinajstić information content (AvgIpc) is 3.61. The van der Waals surface area contributed by atoms with E-state index in [1.807, 2.05) is 11.8 Å². The quantitative estimate of drug-likeness (QED) is 0.285. The summed E-state index contributed by atoms with van der Waals surface area (Å²) in [5, 5.41) is 12.7. The fourth-order valence-corrected chi connectivity index (χ4v) is 9.27. The molecule has 4 aromatic rings. The van der Waals surface area contributed by atoms with E-state index in [9.17, 15) is 9.50 Å². The molecule has 6 nitrogen and oxygen atoms in total. The lowest BCUT2D eigenvalue weighted by molar-refractivity contribution is 0.107. The van der Waals surface area contributed by atoms with E-state index in [0.717, 1.165) is 45.3 Å². The van der Waals surface area contributed by atoms with E-state index in [1.54, 1.807) is 24.3 Å². The monoisotopic (exact) mass is 592 g/mol. The highest BCUT2D eigenvalue weighted by Crippen LogP contribution is 2.44. The summed E-state index contributed by atoms with van der Waals surface area (Å²) in [6.45, 7) is 3.10. The zero-order valence-electron chi connectivity index (χ0n) is 23.0. The smallest absolute Gasteiger partial charge is 0.319 e. The van der Waals surface area contributed by atoms with Crippen LogP contribution in [0.25, 0.3) is 32.8 Å². The summed E-state index contributed by atoms with van der Waals surface area (Å²) in [5.41, 5.74) is 0.0754. The number of alkyl halides is 1. The van der Waals surface area contributed by atoms with Crippen molar-refractivity contribution in [2.45, 2.75) is 54.3 Å². The Kier molecular flexibility index (Phi) is 6.23. The number of benzene rings is 3. The first-order chi connectivity index (χ1) is 20.4. The summed E-state index contributed by atoms with van der Waals surface area (Å²) in [7, 11) is 0. The second kappa shape index (κ2) is 9.91. The Morgan fingerprint density at radius 1 is 1.02 bits per heavy atom. The Labute approximate surface area is 245 Å². The molecule has 3 aromatic carbocycles. The SMILES string of the molecule is Oc1cc(-c2ccc3c(N4C[C@H]5CC[C@@H](C4)S5)nc(OC[C@@]45CCCN4C[C@H](F)C5)nc3c2F)c2c(F)cccc2c1. The zero-order valence-corrected chi connectivity index (χ0v) is 23.8. The topological polar surface area (TPSA) is 61.7 Å². The number of phenols is 1. The third kappa shape index (κ3) is 4.28. The molecule has 0 aliphatic carbocycles. The fraction of sp³-hybridized carbons (Fsp3) is 0.438. The van der Waals surface area contributed by atoms with Crippen molar-refractivity contribution in [3.63, 3.8) is 0 Å². The van der Waals surface area contributed by atoms with Gasteiger partial charge in [0, 0.05) is 52.9 Å². The molecule has 2 bridgehead atoms. The van der Waals surface area contributed by atoms with Crippen molar-refractivity contribution in [1.82, 2.24) is 14.9 Å². The van der Waals surface area contributed by atoms with E-state index in [2.05, 4.69) is 14.8 Å². The maximum atomic E-state index is 16.6. The Hall–Kier alpha value is -3.24. The number of hydrogen-bond acceptors (Lipinski definition) is 7. The number of nitrogens with zero attached hydrogens (tertiary/aromatic N) is 4. The lowest BCUT2D eigenvalue weighted by atomic mass is 9.95. The van der Waals surface area contributed by atoms with Gasteiger partial charge < -0.3 is 14.7 Å². The summed E-state index contributed by atoms with van der Waals surface area (Å²) in [5.74, 6) is -0.589. The van der Waals surface area contributed by atoms with Gasteiger partial charge in [0.1, 0.15) is 35.7 Å². The van der Waals surface area contributed by atoms with Gasteiger partial charge in [0.15, 0.2) is 5.82 Å². The zero-order chi connectivity index (χ0) is 28.6. The van der Waals surface area contributed by atoms with Gasteiger partial charge in [0.05, 0.1) is 5.54 Å². The van der Waals surface area contributed by atoms with Gasteiger partial charge >= 0.3 is 6.01 Å². The van der Waals surface area contributed by atoms with Crippen molar-refractivity contribution < 1.29 is 23.0 Å². The summed E-state index contributed by atoms with van der Waals surface area (Å²) in [4.78, 5) is 13.8. The van der Waals surface area contributed by atoms with Gasteiger partial charge in [-0.2, -0.15) is 21.7 Å². The molecular formula is C32H31F3N4O2S. The van der Waals surface area contributed by atoms with E-state index in [-0.39, 0.29) is 40.4 Å². The normalized spacial score (nSPS) is 27.3. The number of ether oxygens (including phenoxy) is 1. The number of aromatic nitrogens is 2. The van der Waals surface area contributed by atoms with Crippen LogP contribution < -0.4 is 9.64 Å². The summed E-state index contributed by atoms with van der Waals surface area (Å²) in [6.07, 6.45) is 3.65. The van der Waals surface area contributed by atoms with Crippen molar-refractivity contribution in [2.24, 2.45) is 0 Å². The molecule has 0 spiro atoms. The molecule has 0 saturated carbocycles. The maximum Gasteiger partial charge on any atom is 0.319 e. The number of anilines is 1. The second-order valence-electron chi connectivity index (χ2n) is 12.2. The van der Waals surface area contributed by atoms with E-state index in [1.165, 1.54) is 18.2 Å². The van der Waals surface area contributed by atoms with Crippen LogP contribution in [0.1, 0.15) is 32.1 Å². The molecule has 0 unspecified atom stereocenters. The predicted molar refractivity (Wildman–Crippen MR) is 159 cm³/mol. The molecule has 1 aromatic heterocycles. The Balaban J connectivity index is 1.26. The van der Waals surface area contributed by atoms with E-state index in [4.69, 9.17) is 9.72 Å². The molecule has 4 atom stereocenters. The van der Waals surface area contributed by atoms with Crippen LogP contribution in [0, 0.1) is 11.6 Å². The first kappa shape index (κ1) is 26.4. The van der Waals surface area contributed by atoms with Gasteiger partial charge in [-0.1, -0.05) is 18.2 Å². The molecule has 1 N–H and O–H groups in total. The molecule has 42 heavy (non-hydrogen) atoms. The number of rotatable bonds is 5. The van der Waals surface area contributed by atoms with Crippen molar-refractivity contribution in [3.05, 3.63) is 54.1 Å². The standard InChI is InChI=1S/C32H31F3N4O2S/c33-19-13-32(9-2-10-39(32)14-19)17-41-31-36-29-24(30(37-31)38-15-21-5-6-22(16-38)42-21)8-7-23(28(29)35)25-12-20(40)11-18-3-1-4-26(34)27(18)25/h1,3-4,7-8,11-12,19,21-22,40H,2,5-6,9-10,13-17H2/t19-,21-,22+,32+/m1/s1. The molecule has 8 rings (SSSR count). The van der Waals surface area contributed by atoms with E-state index in [0.29, 0.717) is 40.1 Å². The number of halogens is 3. The maximum absolute atomic E-state index is 16.6. The third-order valence-electron chi connectivity index (χ3n) is 9.54. The molecule has 10 heteroatoms. The highest BCUT2D eigenvalue weighted by Gasteiger charge is 2.49. The van der Waals surface area contributed by atoms with Crippen molar-refractivity contribution >= 4 is 39.3 Å². The van der Waals surface area contributed by atoms with Crippen LogP contribution in [0.3, 0.4) is 0 Å². The van der Waals surface area contributed by atoms with Crippen LogP contribution in [0.15, 0.2) is 42.5 Å². The highest BCUT2D eigenvalue weighted by molar-refractivity contribution is 8.00. The van der Waals surface area contributed by atoms with Crippen molar-refractivity contribution in [1.29, 1.82) is 0 Å². The van der Waals surface area contributed by atoms with Crippen LogP contribution in [-0.4, -0.2) is 75.0 Å². The van der Waals surface area contributed by atoms with Crippen molar-refractivity contribution in [3.8, 4) is 22.9 Å². The van der Waals surface area contributed by atoms with Crippen LogP contribution >= 0.6 is 11.8 Å².